The molecule has 2 aromatic rings. The Morgan fingerprint density at radius 2 is 1.88 bits per heavy atom. The lowest BCUT2D eigenvalue weighted by atomic mass is 9.93. The van der Waals surface area contributed by atoms with E-state index in [1.165, 1.54) is 12.4 Å². The molecule has 3 rings (SSSR count). The lowest BCUT2D eigenvalue weighted by Crippen LogP contribution is -2.51. The maximum absolute atomic E-state index is 12.2. The zero-order valence-corrected chi connectivity index (χ0v) is 20.0. The Morgan fingerprint density at radius 3 is 2.42 bits per heavy atom. The standard InChI is InChI=1S/C24H30N2O6S/c1-15-11-19(9-10-21(15)18-7-5-17(6-8-18)12-16(2)27)22-13-20(32-26-22)14-24(3,23(28)25-29)33(4,30)31/h5-11,16,20,27,29H,12-14H2,1-4H3,(H,25,28)/t16-,20-,24?/m1/s1. The summed E-state index contributed by atoms with van der Waals surface area (Å²) in [6, 6.07) is 14.0. The number of aliphatic hydroxyl groups excluding tert-OH is 1. The number of nitrogens with zero attached hydrogens (tertiary/aromatic N) is 1. The van der Waals surface area contributed by atoms with Crippen molar-refractivity contribution in [2.75, 3.05) is 6.26 Å². The van der Waals surface area contributed by atoms with Crippen LogP contribution in [0.5, 0.6) is 0 Å². The minimum Gasteiger partial charge on any atom is -0.393 e. The molecule has 8 nitrogen and oxygen atoms in total. The number of amides is 1. The number of hydrogen-bond acceptors (Lipinski definition) is 7. The first-order valence-electron chi connectivity index (χ1n) is 10.7. The van der Waals surface area contributed by atoms with Gasteiger partial charge in [-0.05, 0) is 61.1 Å². The first-order valence-corrected chi connectivity index (χ1v) is 12.6. The quantitative estimate of drug-likeness (QED) is 0.399. The zero-order chi connectivity index (χ0) is 24.4. The van der Waals surface area contributed by atoms with Crippen LogP contribution in [0.4, 0.5) is 0 Å². The van der Waals surface area contributed by atoms with Crippen LogP contribution in [-0.4, -0.2) is 53.6 Å². The molecule has 3 atom stereocenters. The number of hydrogen-bond donors (Lipinski definition) is 3. The number of hydroxylamine groups is 1. The van der Waals surface area contributed by atoms with Gasteiger partial charge in [-0.25, -0.2) is 13.9 Å². The van der Waals surface area contributed by atoms with Gasteiger partial charge in [0.15, 0.2) is 14.6 Å². The number of sulfone groups is 1. The Hall–Kier alpha value is -2.75. The normalized spacial score (nSPS) is 18.7. The first kappa shape index (κ1) is 24.9. The minimum atomic E-state index is -3.82. The molecule has 0 saturated carbocycles. The van der Waals surface area contributed by atoms with Gasteiger partial charge in [-0.1, -0.05) is 41.6 Å². The summed E-state index contributed by atoms with van der Waals surface area (Å²) >= 11 is 0. The number of aryl methyl sites for hydroxylation is 1. The Kier molecular flexibility index (Phi) is 7.26. The minimum absolute atomic E-state index is 0.138. The van der Waals surface area contributed by atoms with Gasteiger partial charge in [0.1, 0.15) is 6.10 Å². The smallest absolute Gasteiger partial charge is 0.264 e. The number of carbonyl (C=O) groups is 1. The van der Waals surface area contributed by atoms with Gasteiger partial charge in [-0.15, -0.1) is 0 Å². The molecule has 1 amide bonds. The van der Waals surface area contributed by atoms with Gasteiger partial charge in [0, 0.05) is 19.1 Å². The Labute approximate surface area is 194 Å². The highest BCUT2D eigenvalue weighted by molar-refractivity contribution is 7.92. The van der Waals surface area contributed by atoms with Crippen molar-refractivity contribution < 1.29 is 28.4 Å². The largest absolute Gasteiger partial charge is 0.393 e. The van der Waals surface area contributed by atoms with Gasteiger partial charge < -0.3 is 9.94 Å². The van der Waals surface area contributed by atoms with Crippen LogP contribution in [0, 0.1) is 6.92 Å². The van der Waals surface area contributed by atoms with E-state index in [0.29, 0.717) is 18.6 Å². The van der Waals surface area contributed by atoms with E-state index < -0.39 is 26.6 Å². The second-order valence-electron chi connectivity index (χ2n) is 8.90. The lowest BCUT2D eigenvalue weighted by molar-refractivity contribution is -0.132. The molecule has 0 saturated heterocycles. The SMILES string of the molecule is Cc1cc(C2=NO[C@@H](CC(C)(C(=O)NO)S(C)(=O)=O)C2)ccc1-c1ccc(C[C@@H](C)O)cc1. The van der Waals surface area contributed by atoms with Crippen molar-refractivity contribution in [1.29, 1.82) is 0 Å². The van der Waals surface area contributed by atoms with Crippen LogP contribution in [0.15, 0.2) is 47.6 Å². The van der Waals surface area contributed by atoms with Crippen molar-refractivity contribution >= 4 is 21.5 Å². The molecule has 0 radical (unpaired) electrons. The van der Waals surface area contributed by atoms with E-state index in [0.717, 1.165) is 34.1 Å². The van der Waals surface area contributed by atoms with E-state index in [-0.39, 0.29) is 12.5 Å². The summed E-state index contributed by atoms with van der Waals surface area (Å²) in [7, 11) is -3.82. The molecule has 9 heteroatoms. The molecule has 1 aliphatic heterocycles. The summed E-state index contributed by atoms with van der Waals surface area (Å²) in [6.45, 7) is 5.03. The third-order valence-corrected chi connectivity index (χ3v) is 8.09. The van der Waals surface area contributed by atoms with Crippen LogP contribution in [0.25, 0.3) is 11.1 Å². The highest BCUT2D eigenvalue weighted by atomic mass is 32.2. The fraction of sp³-hybridized carbons (Fsp3) is 0.417. The number of carbonyl (C=O) groups excluding carboxylic acids is 1. The van der Waals surface area contributed by atoms with Crippen molar-refractivity contribution in [1.82, 2.24) is 5.48 Å². The molecule has 2 aromatic carbocycles. The Bertz CT molecular complexity index is 1160. The molecule has 33 heavy (non-hydrogen) atoms. The van der Waals surface area contributed by atoms with Gasteiger partial charge in [0.2, 0.25) is 0 Å². The lowest BCUT2D eigenvalue weighted by Gasteiger charge is -2.26. The molecule has 178 valence electrons. The van der Waals surface area contributed by atoms with E-state index in [9.17, 15) is 18.3 Å². The first-order chi connectivity index (χ1) is 15.4. The van der Waals surface area contributed by atoms with E-state index >= 15 is 0 Å². The number of benzene rings is 2. The van der Waals surface area contributed by atoms with Crippen molar-refractivity contribution in [3.8, 4) is 11.1 Å². The second-order valence-corrected chi connectivity index (χ2v) is 11.3. The van der Waals surface area contributed by atoms with Crippen LogP contribution >= 0.6 is 0 Å². The highest BCUT2D eigenvalue weighted by Gasteiger charge is 2.47. The van der Waals surface area contributed by atoms with Crippen LogP contribution in [0.2, 0.25) is 0 Å². The number of aliphatic hydroxyl groups is 1. The van der Waals surface area contributed by atoms with E-state index in [2.05, 4.69) is 5.16 Å². The molecule has 0 aromatic heterocycles. The predicted molar refractivity (Wildman–Crippen MR) is 126 cm³/mol. The van der Waals surface area contributed by atoms with Crippen molar-refractivity contribution in [2.24, 2.45) is 5.16 Å². The van der Waals surface area contributed by atoms with E-state index in [4.69, 9.17) is 10.0 Å². The van der Waals surface area contributed by atoms with Gasteiger partial charge in [-0.3, -0.25) is 10.0 Å². The van der Waals surface area contributed by atoms with Gasteiger partial charge in [0.25, 0.3) is 5.91 Å². The molecule has 1 aliphatic rings. The van der Waals surface area contributed by atoms with Gasteiger partial charge in [-0.2, -0.15) is 0 Å². The molecular formula is C24H30N2O6S. The van der Waals surface area contributed by atoms with Crippen LogP contribution in [0.1, 0.15) is 43.4 Å². The fourth-order valence-corrected chi connectivity index (χ4v) is 4.87. The Morgan fingerprint density at radius 1 is 1.24 bits per heavy atom. The number of nitrogens with one attached hydrogen (secondary N) is 1. The summed E-state index contributed by atoms with van der Waals surface area (Å²) in [5, 5.41) is 22.7. The molecule has 3 N–H and O–H groups in total. The summed E-state index contributed by atoms with van der Waals surface area (Å²) in [4.78, 5) is 17.5. The number of oxime groups is 1. The van der Waals surface area contributed by atoms with Crippen LogP contribution < -0.4 is 5.48 Å². The molecule has 1 heterocycles. The topological polar surface area (TPSA) is 125 Å². The Balaban J connectivity index is 1.74. The number of rotatable bonds is 8. The zero-order valence-electron chi connectivity index (χ0n) is 19.2. The van der Waals surface area contributed by atoms with Crippen molar-refractivity contribution in [3.63, 3.8) is 0 Å². The second kappa shape index (κ2) is 9.62. The molecule has 0 bridgehead atoms. The summed E-state index contributed by atoms with van der Waals surface area (Å²) in [6.07, 6.45) is 0.773. The monoisotopic (exact) mass is 474 g/mol. The molecule has 0 aliphatic carbocycles. The predicted octanol–water partition coefficient (Wildman–Crippen LogP) is 2.78. The summed E-state index contributed by atoms with van der Waals surface area (Å²) in [5.74, 6) is -0.998. The van der Waals surface area contributed by atoms with Gasteiger partial charge >= 0.3 is 0 Å². The average Bonchev–Trinajstić information content (AvgIpc) is 3.20. The van der Waals surface area contributed by atoms with Crippen LogP contribution in [-0.2, 0) is 25.9 Å². The molecule has 0 fully saturated rings. The fourth-order valence-electron chi connectivity index (χ4n) is 4.00. The molecular weight excluding hydrogens is 444 g/mol. The maximum atomic E-state index is 12.2. The molecule has 1 unspecified atom stereocenters. The van der Waals surface area contributed by atoms with Crippen LogP contribution in [0.3, 0.4) is 0 Å². The maximum Gasteiger partial charge on any atom is 0.264 e. The molecule has 0 spiro atoms. The summed E-state index contributed by atoms with van der Waals surface area (Å²) < 4.78 is 22.6. The van der Waals surface area contributed by atoms with E-state index in [1.54, 1.807) is 6.92 Å². The average molecular weight is 475 g/mol. The van der Waals surface area contributed by atoms with Crippen molar-refractivity contribution in [3.05, 3.63) is 59.2 Å². The van der Waals surface area contributed by atoms with Crippen molar-refractivity contribution in [2.45, 2.75) is 57.0 Å². The van der Waals surface area contributed by atoms with E-state index in [1.807, 2.05) is 49.4 Å². The summed E-state index contributed by atoms with van der Waals surface area (Å²) in [5.41, 5.74) is 7.23. The third-order valence-electron chi connectivity index (χ3n) is 6.11. The van der Waals surface area contributed by atoms with Gasteiger partial charge in [0.05, 0.1) is 11.8 Å². The third kappa shape index (κ3) is 5.43. The highest BCUT2D eigenvalue weighted by Crippen LogP contribution is 2.31.